The minimum Gasteiger partial charge on any atom is -0.481 e. The fourth-order valence-corrected chi connectivity index (χ4v) is 0.463. The molecule has 0 aliphatic heterocycles. The van der Waals surface area contributed by atoms with Crippen LogP contribution in [0.4, 0.5) is 0 Å². The van der Waals surface area contributed by atoms with Crippen molar-refractivity contribution in [2.45, 2.75) is 19.8 Å². The number of rotatable bonds is 4. The monoisotopic (exact) mass is 143 g/mol. The molecule has 0 aromatic carbocycles. The molecule has 0 aliphatic rings. The standard InChI is InChI=1S/C6H9NO3/c1-2-5(8)4(7)3-6(9)10/h7H,2-3H2,1H3,(H,9,10). The van der Waals surface area contributed by atoms with E-state index in [2.05, 4.69) is 0 Å². The summed E-state index contributed by atoms with van der Waals surface area (Å²) in [5, 5.41) is 15.0. The average molecular weight is 143 g/mol. The van der Waals surface area contributed by atoms with Crippen LogP contribution in [0, 0.1) is 5.41 Å². The fraction of sp³-hybridized carbons (Fsp3) is 0.500. The predicted octanol–water partition coefficient (Wildman–Crippen LogP) is 0.460. The molecule has 2 N–H and O–H groups in total. The van der Waals surface area contributed by atoms with Crippen LogP contribution in [-0.2, 0) is 9.59 Å². The maximum absolute atomic E-state index is 10.6. The van der Waals surface area contributed by atoms with Gasteiger partial charge in [0.15, 0.2) is 5.78 Å². The first kappa shape index (κ1) is 8.81. The van der Waals surface area contributed by atoms with Crippen LogP contribution in [-0.4, -0.2) is 22.6 Å². The van der Waals surface area contributed by atoms with E-state index in [9.17, 15) is 9.59 Å². The molecule has 10 heavy (non-hydrogen) atoms. The van der Waals surface area contributed by atoms with Crippen molar-refractivity contribution < 1.29 is 14.7 Å². The lowest BCUT2D eigenvalue weighted by molar-refractivity contribution is -0.136. The Morgan fingerprint density at radius 3 is 2.30 bits per heavy atom. The lowest BCUT2D eigenvalue weighted by Gasteiger charge is -1.94. The van der Waals surface area contributed by atoms with Crippen molar-refractivity contribution in [1.82, 2.24) is 0 Å². The third-order valence-electron chi connectivity index (χ3n) is 0.986. The number of hydrogen-bond donors (Lipinski definition) is 2. The molecular formula is C6H9NO3. The van der Waals surface area contributed by atoms with Crippen molar-refractivity contribution in [2.75, 3.05) is 0 Å². The first-order valence-electron chi connectivity index (χ1n) is 2.90. The van der Waals surface area contributed by atoms with Crippen molar-refractivity contribution >= 4 is 17.5 Å². The van der Waals surface area contributed by atoms with Crippen LogP contribution in [0.3, 0.4) is 0 Å². The number of ketones is 1. The minimum absolute atomic E-state index is 0.201. The van der Waals surface area contributed by atoms with Crippen LogP contribution >= 0.6 is 0 Å². The molecule has 0 radical (unpaired) electrons. The van der Waals surface area contributed by atoms with Gasteiger partial charge >= 0.3 is 5.97 Å². The van der Waals surface area contributed by atoms with Gasteiger partial charge in [0.2, 0.25) is 0 Å². The van der Waals surface area contributed by atoms with Crippen molar-refractivity contribution in [1.29, 1.82) is 5.41 Å². The second-order valence-electron chi connectivity index (χ2n) is 1.83. The Hall–Kier alpha value is -1.19. The van der Waals surface area contributed by atoms with Crippen LogP contribution in [0.1, 0.15) is 19.8 Å². The number of Topliss-reactive ketones (excluding diaryl/α,β-unsaturated/α-hetero) is 1. The van der Waals surface area contributed by atoms with E-state index in [4.69, 9.17) is 10.5 Å². The summed E-state index contributed by atoms with van der Waals surface area (Å²) in [6.45, 7) is 1.60. The highest BCUT2D eigenvalue weighted by Gasteiger charge is 2.09. The molecule has 0 rings (SSSR count). The molecular weight excluding hydrogens is 134 g/mol. The van der Waals surface area contributed by atoms with E-state index in [1.54, 1.807) is 6.92 Å². The Balaban J connectivity index is 3.86. The SMILES string of the molecule is CCC(=O)C(=N)CC(=O)O. The smallest absolute Gasteiger partial charge is 0.309 e. The zero-order valence-electron chi connectivity index (χ0n) is 5.68. The highest BCUT2D eigenvalue weighted by molar-refractivity contribution is 6.41. The number of carboxylic acids is 1. The highest BCUT2D eigenvalue weighted by atomic mass is 16.4. The number of carbonyl (C=O) groups excluding carboxylic acids is 1. The summed E-state index contributed by atoms with van der Waals surface area (Å²) in [5.41, 5.74) is -0.324. The minimum atomic E-state index is -1.13. The molecule has 0 heterocycles. The van der Waals surface area contributed by atoms with E-state index < -0.39 is 18.2 Å². The van der Waals surface area contributed by atoms with E-state index in [0.717, 1.165) is 0 Å². The summed E-state index contributed by atoms with van der Waals surface area (Å²) in [6.07, 6.45) is -0.265. The van der Waals surface area contributed by atoms with Crippen LogP contribution in [0.25, 0.3) is 0 Å². The lowest BCUT2D eigenvalue weighted by Crippen LogP contribution is -2.15. The number of hydrogen-bond acceptors (Lipinski definition) is 3. The Kier molecular flexibility index (Phi) is 3.32. The second kappa shape index (κ2) is 3.76. The van der Waals surface area contributed by atoms with Gasteiger partial charge in [0, 0.05) is 6.42 Å². The number of carbonyl (C=O) groups is 2. The molecule has 0 atom stereocenters. The van der Waals surface area contributed by atoms with Crippen LogP contribution < -0.4 is 0 Å². The third-order valence-corrected chi connectivity index (χ3v) is 0.986. The second-order valence-corrected chi connectivity index (χ2v) is 1.83. The summed E-state index contributed by atoms with van der Waals surface area (Å²) in [5.74, 6) is -1.53. The van der Waals surface area contributed by atoms with Crippen molar-refractivity contribution in [2.24, 2.45) is 0 Å². The summed E-state index contributed by atoms with van der Waals surface area (Å²) in [7, 11) is 0. The summed E-state index contributed by atoms with van der Waals surface area (Å²) >= 11 is 0. The number of nitrogens with one attached hydrogen (secondary N) is 1. The van der Waals surface area contributed by atoms with Crippen molar-refractivity contribution in [3.8, 4) is 0 Å². The van der Waals surface area contributed by atoms with Gasteiger partial charge in [0.1, 0.15) is 0 Å². The number of carboxylic acid groups (broad SMARTS) is 1. The maximum Gasteiger partial charge on any atom is 0.309 e. The van der Waals surface area contributed by atoms with Gasteiger partial charge in [-0.15, -0.1) is 0 Å². The molecule has 0 aromatic heterocycles. The first-order valence-corrected chi connectivity index (χ1v) is 2.90. The van der Waals surface area contributed by atoms with E-state index >= 15 is 0 Å². The van der Waals surface area contributed by atoms with E-state index in [-0.39, 0.29) is 12.1 Å². The lowest BCUT2D eigenvalue weighted by atomic mass is 10.1. The summed E-state index contributed by atoms with van der Waals surface area (Å²) in [4.78, 5) is 20.5. The van der Waals surface area contributed by atoms with Crippen LogP contribution in [0.5, 0.6) is 0 Å². The van der Waals surface area contributed by atoms with Gasteiger partial charge in [-0.2, -0.15) is 0 Å². The molecule has 0 spiro atoms. The fourth-order valence-electron chi connectivity index (χ4n) is 0.463. The zero-order chi connectivity index (χ0) is 8.15. The summed E-state index contributed by atoms with van der Waals surface area (Å²) < 4.78 is 0. The summed E-state index contributed by atoms with van der Waals surface area (Å²) in [6, 6.07) is 0. The number of aliphatic carboxylic acids is 1. The molecule has 0 aliphatic carbocycles. The molecule has 0 bridgehead atoms. The van der Waals surface area contributed by atoms with Gasteiger partial charge in [-0.05, 0) is 0 Å². The van der Waals surface area contributed by atoms with E-state index in [1.807, 2.05) is 0 Å². The van der Waals surface area contributed by atoms with Crippen molar-refractivity contribution in [3.05, 3.63) is 0 Å². The molecule has 0 fully saturated rings. The maximum atomic E-state index is 10.6. The molecule has 0 aromatic rings. The molecule has 56 valence electrons. The zero-order valence-corrected chi connectivity index (χ0v) is 5.68. The first-order chi connectivity index (χ1) is 4.57. The van der Waals surface area contributed by atoms with Crippen LogP contribution in [0.2, 0.25) is 0 Å². The Bertz CT molecular complexity index is 174. The van der Waals surface area contributed by atoms with E-state index in [0.29, 0.717) is 0 Å². The van der Waals surface area contributed by atoms with Crippen molar-refractivity contribution in [3.63, 3.8) is 0 Å². The molecule has 0 saturated heterocycles. The predicted molar refractivity (Wildman–Crippen MR) is 35.3 cm³/mol. The third kappa shape index (κ3) is 2.96. The normalized spacial score (nSPS) is 8.90. The molecule has 0 saturated carbocycles. The average Bonchev–Trinajstić information content (AvgIpc) is 1.85. The van der Waals surface area contributed by atoms with Gasteiger partial charge in [0.25, 0.3) is 0 Å². The highest BCUT2D eigenvalue weighted by Crippen LogP contribution is 1.89. The Labute approximate surface area is 58.4 Å². The largest absolute Gasteiger partial charge is 0.481 e. The van der Waals surface area contributed by atoms with Crippen LogP contribution in [0.15, 0.2) is 0 Å². The quantitative estimate of drug-likeness (QED) is 0.561. The van der Waals surface area contributed by atoms with Gasteiger partial charge < -0.3 is 10.5 Å². The van der Waals surface area contributed by atoms with Gasteiger partial charge in [0.05, 0.1) is 12.1 Å². The molecule has 4 nitrogen and oxygen atoms in total. The Morgan fingerprint density at radius 2 is 2.00 bits per heavy atom. The molecule has 4 heteroatoms. The van der Waals surface area contributed by atoms with Gasteiger partial charge in [-0.25, -0.2) is 0 Å². The molecule has 0 unspecified atom stereocenters. The van der Waals surface area contributed by atoms with Gasteiger partial charge in [-0.3, -0.25) is 9.59 Å². The van der Waals surface area contributed by atoms with Gasteiger partial charge in [-0.1, -0.05) is 6.92 Å². The Morgan fingerprint density at radius 1 is 1.50 bits per heavy atom. The van der Waals surface area contributed by atoms with E-state index in [1.165, 1.54) is 0 Å². The molecule has 0 amide bonds. The topological polar surface area (TPSA) is 78.2 Å².